The fourth-order valence-corrected chi connectivity index (χ4v) is 2.85. The third kappa shape index (κ3) is 4.89. The number of hydrogen-bond donors (Lipinski definition) is 2. The van der Waals surface area contributed by atoms with Gasteiger partial charge in [0.25, 0.3) is 0 Å². The summed E-state index contributed by atoms with van der Waals surface area (Å²) < 4.78 is 0. The van der Waals surface area contributed by atoms with E-state index in [4.69, 9.17) is 18.0 Å². The number of rotatable bonds is 6. The summed E-state index contributed by atoms with van der Waals surface area (Å²) in [7, 11) is 0. The standard InChI is InChI=1S/C15H25N5S/c1-11-10-13(14(16)21)19-15(18-11)17-7-5-9-20-8-4-3-6-12(20)2/h10,12H,3-9H2,1-2H3,(H2,16,21)(H,17,18,19). The summed E-state index contributed by atoms with van der Waals surface area (Å²) in [5, 5.41) is 3.27. The molecule has 1 fully saturated rings. The first-order valence-corrected chi connectivity index (χ1v) is 8.10. The van der Waals surface area contributed by atoms with E-state index in [1.54, 1.807) is 0 Å². The van der Waals surface area contributed by atoms with Crippen LogP contribution in [-0.2, 0) is 0 Å². The minimum Gasteiger partial charge on any atom is -0.388 e. The first kappa shape index (κ1) is 16.1. The Morgan fingerprint density at radius 3 is 3.00 bits per heavy atom. The van der Waals surface area contributed by atoms with Gasteiger partial charge in [-0.3, -0.25) is 0 Å². The predicted octanol–water partition coefficient (Wildman–Crippen LogP) is 2.10. The molecule has 1 aliphatic heterocycles. The minimum absolute atomic E-state index is 0.311. The lowest BCUT2D eigenvalue weighted by molar-refractivity contribution is 0.160. The van der Waals surface area contributed by atoms with E-state index in [0.717, 1.165) is 31.2 Å². The highest BCUT2D eigenvalue weighted by Gasteiger charge is 2.17. The van der Waals surface area contributed by atoms with Gasteiger partial charge < -0.3 is 16.0 Å². The summed E-state index contributed by atoms with van der Waals surface area (Å²) >= 11 is 4.97. The monoisotopic (exact) mass is 307 g/mol. The largest absolute Gasteiger partial charge is 0.388 e. The number of anilines is 1. The van der Waals surface area contributed by atoms with Crippen LogP contribution < -0.4 is 11.1 Å². The topological polar surface area (TPSA) is 67.1 Å². The molecule has 0 aliphatic carbocycles. The lowest BCUT2D eigenvalue weighted by Crippen LogP contribution is -2.38. The third-order valence-corrected chi connectivity index (χ3v) is 4.16. The Kier molecular flexibility index (Phi) is 5.87. The number of likely N-dealkylation sites (tertiary alicyclic amines) is 1. The maximum Gasteiger partial charge on any atom is 0.223 e. The number of hydrogen-bond acceptors (Lipinski definition) is 5. The second kappa shape index (κ2) is 7.66. The van der Waals surface area contributed by atoms with Crippen molar-refractivity contribution in [1.82, 2.24) is 14.9 Å². The number of nitrogens with one attached hydrogen (secondary N) is 1. The van der Waals surface area contributed by atoms with E-state index in [1.807, 2.05) is 13.0 Å². The van der Waals surface area contributed by atoms with Crippen LogP contribution in [0.2, 0.25) is 0 Å². The smallest absolute Gasteiger partial charge is 0.223 e. The Labute approximate surface area is 132 Å². The molecule has 0 aromatic carbocycles. The van der Waals surface area contributed by atoms with Gasteiger partial charge in [0.1, 0.15) is 10.7 Å². The normalized spacial score (nSPS) is 19.4. The molecule has 0 amide bonds. The highest BCUT2D eigenvalue weighted by atomic mass is 32.1. The van der Waals surface area contributed by atoms with E-state index in [0.29, 0.717) is 16.6 Å². The van der Waals surface area contributed by atoms with Crippen LogP contribution in [-0.4, -0.2) is 45.5 Å². The number of nitrogens with two attached hydrogens (primary N) is 1. The number of piperidine rings is 1. The van der Waals surface area contributed by atoms with Gasteiger partial charge in [-0.25, -0.2) is 9.97 Å². The van der Waals surface area contributed by atoms with E-state index in [9.17, 15) is 0 Å². The highest BCUT2D eigenvalue weighted by Crippen LogP contribution is 2.16. The molecule has 2 heterocycles. The Bertz CT molecular complexity index is 491. The molecule has 1 aromatic heterocycles. The average Bonchev–Trinajstić information content (AvgIpc) is 2.44. The van der Waals surface area contributed by atoms with Gasteiger partial charge in [0.2, 0.25) is 5.95 Å². The zero-order valence-electron chi connectivity index (χ0n) is 12.9. The second-order valence-electron chi connectivity index (χ2n) is 5.74. The van der Waals surface area contributed by atoms with E-state index in [1.165, 1.54) is 25.8 Å². The molecular weight excluding hydrogens is 282 g/mol. The molecule has 0 spiro atoms. The van der Waals surface area contributed by atoms with Gasteiger partial charge in [-0.05, 0) is 45.7 Å². The van der Waals surface area contributed by atoms with Crippen molar-refractivity contribution in [2.75, 3.05) is 25.0 Å². The van der Waals surface area contributed by atoms with Gasteiger partial charge in [-0.2, -0.15) is 0 Å². The molecule has 1 atom stereocenters. The van der Waals surface area contributed by atoms with Gasteiger partial charge in [0, 0.05) is 24.8 Å². The molecule has 116 valence electrons. The van der Waals surface area contributed by atoms with Crippen molar-refractivity contribution in [3.05, 3.63) is 17.5 Å². The number of aryl methyl sites for hydroxylation is 1. The highest BCUT2D eigenvalue weighted by molar-refractivity contribution is 7.80. The zero-order chi connectivity index (χ0) is 15.2. The van der Waals surface area contributed by atoms with Crippen LogP contribution in [0.5, 0.6) is 0 Å². The zero-order valence-corrected chi connectivity index (χ0v) is 13.7. The van der Waals surface area contributed by atoms with Gasteiger partial charge in [0.05, 0.1) is 0 Å². The molecule has 2 rings (SSSR count). The SMILES string of the molecule is Cc1cc(C(N)=S)nc(NCCCN2CCCCC2C)n1. The van der Waals surface area contributed by atoms with Crippen molar-refractivity contribution in [1.29, 1.82) is 0 Å². The predicted molar refractivity (Wildman–Crippen MR) is 90.6 cm³/mol. The molecule has 3 N–H and O–H groups in total. The molecule has 21 heavy (non-hydrogen) atoms. The molecule has 5 nitrogen and oxygen atoms in total. The summed E-state index contributed by atoms with van der Waals surface area (Å²) in [4.78, 5) is 11.6. The molecule has 1 aromatic rings. The van der Waals surface area contributed by atoms with Crippen molar-refractivity contribution < 1.29 is 0 Å². The van der Waals surface area contributed by atoms with Crippen LogP contribution in [0.3, 0.4) is 0 Å². The average molecular weight is 307 g/mol. The first-order chi connectivity index (χ1) is 10.1. The number of aromatic nitrogens is 2. The summed E-state index contributed by atoms with van der Waals surface area (Å²) in [6.45, 7) is 7.47. The summed E-state index contributed by atoms with van der Waals surface area (Å²) in [6.07, 6.45) is 5.11. The molecule has 1 saturated heterocycles. The van der Waals surface area contributed by atoms with Crippen molar-refractivity contribution >= 4 is 23.2 Å². The number of thiocarbonyl (C=S) groups is 1. The Morgan fingerprint density at radius 1 is 1.48 bits per heavy atom. The molecule has 0 bridgehead atoms. The first-order valence-electron chi connectivity index (χ1n) is 7.69. The van der Waals surface area contributed by atoms with E-state index < -0.39 is 0 Å². The van der Waals surface area contributed by atoms with Crippen LogP contribution >= 0.6 is 12.2 Å². The fourth-order valence-electron chi connectivity index (χ4n) is 2.75. The maximum absolute atomic E-state index is 5.63. The Morgan fingerprint density at radius 2 is 2.29 bits per heavy atom. The van der Waals surface area contributed by atoms with Crippen LogP contribution in [0.25, 0.3) is 0 Å². The molecule has 1 aliphatic rings. The molecule has 0 saturated carbocycles. The molecule has 6 heteroatoms. The van der Waals surface area contributed by atoms with Gasteiger partial charge in [-0.1, -0.05) is 18.6 Å². The minimum atomic E-state index is 0.311. The van der Waals surface area contributed by atoms with E-state index in [-0.39, 0.29) is 0 Å². The lowest BCUT2D eigenvalue weighted by Gasteiger charge is -2.33. The molecular formula is C15H25N5S. The maximum atomic E-state index is 5.63. The van der Waals surface area contributed by atoms with Gasteiger partial charge in [0.15, 0.2) is 0 Å². The van der Waals surface area contributed by atoms with Crippen molar-refractivity contribution in [3.63, 3.8) is 0 Å². The van der Waals surface area contributed by atoms with Gasteiger partial charge >= 0.3 is 0 Å². The Hall–Kier alpha value is -1.27. The number of nitrogens with zero attached hydrogens (tertiary/aromatic N) is 3. The summed E-state index contributed by atoms with van der Waals surface area (Å²) in [5.74, 6) is 0.615. The third-order valence-electron chi connectivity index (χ3n) is 3.95. The second-order valence-corrected chi connectivity index (χ2v) is 6.18. The van der Waals surface area contributed by atoms with Crippen molar-refractivity contribution in [2.45, 2.75) is 45.6 Å². The van der Waals surface area contributed by atoms with E-state index >= 15 is 0 Å². The van der Waals surface area contributed by atoms with E-state index in [2.05, 4.69) is 27.1 Å². The Balaban J connectivity index is 1.79. The fraction of sp³-hybridized carbons (Fsp3) is 0.667. The molecule has 1 unspecified atom stereocenters. The van der Waals surface area contributed by atoms with Crippen molar-refractivity contribution in [2.24, 2.45) is 5.73 Å². The summed E-state index contributed by atoms with van der Waals surface area (Å²) in [6, 6.07) is 2.53. The molecule has 0 radical (unpaired) electrons. The van der Waals surface area contributed by atoms with Crippen molar-refractivity contribution in [3.8, 4) is 0 Å². The quantitative estimate of drug-likeness (QED) is 0.620. The van der Waals surface area contributed by atoms with Crippen LogP contribution in [0.1, 0.15) is 44.0 Å². The summed E-state index contributed by atoms with van der Waals surface area (Å²) in [5.41, 5.74) is 7.13. The lowest BCUT2D eigenvalue weighted by atomic mass is 10.0. The van der Waals surface area contributed by atoms with Gasteiger partial charge in [-0.15, -0.1) is 0 Å². The van der Waals surface area contributed by atoms with Crippen LogP contribution in [0, 0.1) is 6.92 Å². The van der Waals surface area contributed by atoms with Crippen LogP contribution in [0.15, 0.2) is 6.07 Å². The van der Waals surface area contributed by atoms with Crippen LogP contribution in [0.4, 0.5) is 5.95 Å².